The highest BCUT2D eigenvalue weighted by atomic mass is 79.9. The van der Waals surface area contributed by atoms with Gasteiger partial charge in [-0.05, 0) is 34.1 Å². The molecule has 0 saturated carbocycles. The molecule has 0 amide bonds. The van der Waals surface area contributed by atoms with Crippen molar-refractivity contribution in [3.63, 3.8) is 0 Å². The summed E-state index contributed by atoms with van der Waals surface area (Å²) < 4.78 is 0.953. The van der Waals surface area contributed by atoms with E-state index in [9.17, 15) is 0 Å². The largest absolute Gasteiger partial charge is 0.357 e. The van der Waals surface area contributed by atoms with Crippen LogP contribution in [-0.4, -0.2) is 6.67 Å². The lowest BCUT2D eigenvalue weighted by Gasteiger charge is -2.16. The molecule has 1 aliphatic rings. The Morgan fingerprint density at radius 3 is 2.71 bits per heavy atom. The molecule has 14 heavy (non-hydrogen) atoms. The van der Waals surface area contributed by atoms with Gasteiger partial charge in [-0.15, -0.1) is 0 Å². The summed E-state index contributed by atoms with van der Waals surface area (Å²) in [5, 5.41) is 4.36. The van der Waals surface area contributed by atoms with Gasteiger partial charge in [-0.25, -0.2) is 0 Å². The molecule has 0 atom stereocenters. The van der Waals surface area contributed by atoms with E-state index in [0.29, 0.717) is 16.8 Å². The number of halogens is 3. The van der Waals surface area contributed by atoms with E-state index in [1.54, 1.807) is 0 Å². The number of anilines is 1. The maximum atomic E-state index is 5.85. The summed E-state index contributed by atoms with van der Waals surface area (Å²) in [6.07, 6.45) is 1.84. The summed E-state index contributed by atoms with van der Waals surface area (Å²) in [4.78, 5) is 2.00. The lowest BCUT2D eigenvalue weighted by molar-refractivity contribution is 0.890. The Morgan fingerprint density at radius 1 is 1.36 bits per heavy atom. The van der Waals surface area contributed by atoms with Gasteiger partial charge in [0.2, 0.25) is 0 Å². The summed E-state index contributed by atoms with van der Waals surface area (Å²) in [7, 11) is 0. The van der Waals surface area contributed by atoms with Gasteiger partial charge in [0.25, 0.3) is 0 Å². The van der Waals surface area contributed by atoms with Crippen molar-refractivity contribution in [3.05, 3.63) is 39.1 Å². The minimum absolute atomic E-state index is 0.645. The van der Waals surface area contributed by atoms with Crippen LogP contribution in [0.1, 0.15) is 0 Å². The first-order valence-corrected chi connectivity index (χ1v) is 5.54. The number of benzene rings is 1. The van der Waals surface area contributed by atoms with Gasteiger partial charge in [-0.3, -0.25) is 0 Å². The summed E-state index contributed by atoms with van der Waals surface area (Å²) in [5.74, 6) is 0. The van der Waals surface area contributed by atoms with Gasteiger partial charge in [0, 0.05) is 15.7 Å². The standard InChI is InChI=1S/C9H7BrCl2N2/c10-7-3-6(11)1-2-8(7)14-4-9(12)13-5-14/h1-4,13H,5H2. The second-order valence-electron chi connectivity index (χ2n) is 2.88. The highest BCUT2D eigenvalue weighted by Gasteiger charge is 2.13. The van der Waals surface area contributed by atoms with Crippen LogP contribution in [-0.2, 0) is 0 Å². The third kappa shape index (κ3) is 2.00. The van der Waals surface area contributed by atoms with Crippen molar-refractivity contribution in [2.75, 3.05) is 11.6 Å². The van der Waals surface area contributed by atoms with Crippen LogP contribution in [0.15, 0.2) is 34.0 Å². The maximum Gasteiger partial charge on any atom is 0.120 e. The number of nitrogens with one attached hydrogen (secondary N) is 1. The molecule has 0 unspecified atom stereocenters. The van der Waals surface area contributed by atoms with Crippen LogP contribution < -0.4 is 10.2 Å². The fourth-order valence-corrected chi connectivity index (χ4v) is 2.35. The normalized spacial score (nSPS) is 15.4. The lowest BCUT2D eigenvalue weighted by Crippen LogP contribution is -2.20. The van der Waals surface area contributed by atoms with Crippen molar-refractivity contribution in [2.45, 2.75) is 0 Å². The van der Waals surface area contributed by atoms with E-state index >= 15 is 0 Å². The molecule has 0 fully saturated rings. The Morgan fingerprint density at radius 2 is 2.14 bits per heavy atom. The van der Waals surface area contributed by atoms with Crippen molar-refractivity contribution < 1.29 is 0 Å². The molecule has 0 bridgehead atoms. The molecular weight excluding hydrogens is 287 g/mol. The van der Waals surface area contributed by atoms with Crippen LogP contribution in [0.2, 0.25) is 5.02 Å². The van der Waals surface area contributed by atoms with E-state index < -0.39 is 0 Å². The van der Waals surface area contributed by atoms with Gasteiger partial charge < -0.3 is 10.2 Å². The zero-order valence-electron chi connectivity index (χ0n) is 7.10. The molecule has 0 radical (unpaired) electrons. The highest BCUT2D eigenvalue weighted by Crippen LogP contribution is 2.30. The van der Waals surface area contributed by atoms with Gasteiger partial charge in [0.1, 0.15) is 5.16 Å². The average Bonchev–Trinajstić information content (AvgIpc) is 2.51. The molecule has 2 rings (SSSR count). The van der Waals surface area contributed by atoms with Crippen molar-refractivity contribution in [3.8, 4) is 0 Å². The molecule has 1 aromatic carbocycles. The van der Waals surface area contributed by atoms with Crippen LogP contribution in [0.5, 0.6) is 0 Å². The van der Waals surface area contributed by atoms with Crippen molar-refractivity contribution >= 4 is 44.8 Å². The number of nitrogens with zero attached hydrogens (tertiary/aromatic N) is 1. The third-order valence-electron chi connectivity index (χ3n) is 1.91. The van der Waals surface area contributed by atoms with Crippen molar-refractivity contribution in [2.24, 2.45) is 0 Å². The summed E-state index contributed by atoms with van der Waals surface area (Å²) in [5.41, 5.74) is 1.04. The van der Waals surface area contributed by atoms with Crippen LogP contribution in [0, 0.1) is 0 Å². The fraction of sp³-hybridized carbons (Fsp3) is 0.111. The zero-order chi connectivity index (χ0) is 10.1. The first-order valence-electron chi connectivity index (χ1n) is 4.00. The van der Waals surface area contributed by atoms with E-state index in [2.05, 4.69) is 21.2 Å². The van der Waals surface area contributed by atoms with Gasteiger partial charge in [0.15, 0.2) is 0 Å². The van der Waals surface area contributed by atoms with Crippen LogP contribution in [0.25, 0.3) is 0 Å². The molecule has 1 heterocycles. The number of hydrogen-bond donors (Lipinski definition) is 1. The van der Waals surface area contributed by atoms with Gasteiger partial charge in [-0.1, -0.05) is 23.2 Å². The van der Waals surface area contributed by atoms with E-state index in [1.165, 1.54) is 0 Å². The van der Waals surface area contributed by atoms with E-state index in [0.717, 1.165) is 10.2 Å². The molecule has 0 aromatic heterocycles. The Labute approximate surface area is 101 Å². The maximum absolute atomic E-state index is 5.85. The highest BCUT2D eigenvalue weighted by molar-refractivity contribution is 9.10. The van der Waals surface area contributed by atoms with Crippen molar-refractivity contribution in [1.29, 1.82) is 0 Å². The Hall–Kier alpha value is -0.380. The Balaban J connectivity index is 2.33. The van der Waals surface area contributed by atoms with E-state index in [-0.39, 0.29) is 0 Å². The Bertz CT molecular complexity index is 392. The van der Waals surface area contributed by atoms with Crippen LogP contribution in [0.3, 0.4) is 0 Å². The minimum Gasteiger partial charge on any atom is -0.357 e. The molecule has 1 aliphatic heterocycles. The SMILES string of the molecule is ClC1=CN(c2ccc(Cl)cc2Br)CN1. The molecular formula is C9H7BrCl2N2. The number of hydrogen-bond acceptors (Lipinski definition) is 2. The molecule has 0 aliphatic carbocycles. The molecule has 1 N–H and O–H groups in total. The molecule has 5 heteroatoms. The Kier molecular flexibility index (Phi) is 2.91. The van der Waals surface area contributed by atoms with Crippen molar-refractivity contribution in [1.82, 2.24) is 5.32 Å². The second kappa shape index (κ2) is 4.01. The molecule has 1 aromatic rings. The summed E-state index contributed by atoms with van der Waals surface area (Å²) >= 11 is 15.1. The van der Waals surface area contributed by atoms with E-state index in [4.69, 9.17) is 23.2 Å². The molecule has 0 spiro atoms. The summed E-state index contributed by atoms with van der Waals surface area (Å²) in [6, 6.07) is 5.65. The summed E-state index contributed by atoms with van der Waals surface area (Å²) in [6.45, 7) is 0.680. The molecule has 0 saturated heterocycles. The third-order valence-corrected chi connectivity index (χ3v) is 3.01. The zero-order valence-corrected chi connectivity index (χ0v) is 10.2. The van der Waals surface area contributed by atoms with Gasteiger partial charge in [0.05, 0.1) is 12.4 Å². The monoisotopic (exact) mass is 292 g/mol. The van der Waals surface area contributed by atoms with Gasteiger partial charge in [-0.2, -0.15) is 0 Å². The van der Waals surface area contributed by atoms with E-state index in [1.807, 2.05) is 29.3 Å². The smallest absolute Gasteiger partial charge is 0.120 e. The number of rotatable bonds is 1. The minimum atomic E-state index is 0.645. The van der Waals surface area contributed by atoms with Crippen LogP contribution >= 0.6 is 39.1 Å². The predicted molar refractivity (Wildman–Crippen MR) is 63.6 cm³/mol. The topological polar surface area (TPSA) is 15.3 Å². The average molecular weight is 294 g/mol. The molecule has 74 valence electrons. The quantitative estimate of drug-likeness (QED) is 0.797. The molecule has 2 nitrogen and oxygen atoms in total. The first kappa shape index (κ1) is 10.1. The lowest BCUT2D eigenvalue weighted by atomic mass is 10.3. The second-order valence-corrected chi connectivity index (χ2v) is 4.58. The predicted octanol–water partition coefficient (Wildman–Crippen LogP) is 3.51. The fourth-order valence-electron chi connectivity index (χ4n) is 1.26. The van der Waals surface area contributed by atoms with Crippen LogP contribution in [0.4, 0.5) is 5.69 Å². The first-order chi connectivity index (χ1) is 6.66. The van der Waals surface area contributed by atoms with Gasteiger partial charge >= 0.3 is 0 Å².